The van der Waals surface area contributed by atoms with Crippen molar-refractivity contribution in [2.24, 2.45) is 35.0 Å². The highest BCUT2D eigenvalue weighted by atomic mass is 16.3. The number of piperidine rings is 1. The molecule has 0 amide bonds. The third-order valence-corrected chi connectivity index (χ3v) is 9.78. The first-order valence-electron chi connectivity index (χ1n) is 12.5. The zero-order chi connectivity index (χ0) is 21.2. The summed E-state index contributed by atoms with van der Waals surface area (Å²) in [5.41, 5.74) is 6.51. The topological polar surface area (TPSA) is 52.5 Å². The molecule has 30 heavy (non-hydrogen) atoms. The van der Waals surface area contributed by atoms with Gasteiger partial charge in [-0.3, -0.25) is 0 Å². The van der Waals surface area contributed by atoms with Crippen LogP contribution in [0.2, 0.25) is 0 Å². The summed E-state index contributed by atoms with van der Waals surface area (Å²) in [6, 6.07) is 0.192. The number of hydrogen-bond acceptors (Lipinski definition) is 3. The Morgan fingerprint density at radius 2 is 2.03 bits per heavy atom. The van der Waals surface area contributed by atoms with E-state index in [0.29, 0.717) is 23.7 Å². The van der Waals surface area contributed by atoms with Gasteiger partial charge in [-0.25, -0.2) is 0 Å². The molecule has 1 heterocycles. The van der Waals surface area contributed by atoms with Crippen LogP contribution in [0.1, 0.15) is 72.6 Å². The fourth-order valence-corrected chi connectivity index (χ4v) is 7.95. The van der Waals surface area contributed by atoms with Crippen molar-refractivity contribution in [2.45, 2.75) is 90.9 Å². The second-order valence-corrected chi connectivity index (χ2v) is 11.5. The van der Waals surface area contributed by atoms with E-state index in [9.17, 15) is 10.2 Å². The standard InChI is InChI=1S/C27H41NO2/c1-15-11-25(30)26(28-14-15)17(3)20-7-8-21-22-6-5-18-12-19(29)9-10-27(18,4)24(22)13-23(21)16(20)2/h5,13,15,17,19,21-22,24-26,28-30H,6-12,14H2,1-4H3/t15-,17-,19-,21-,22-,24+,25+,26-,27-/m0/s1. The normalized spacial score (nSPS) is 47.1. The largest absolute Gasteiger partial charge is 0.393 e. The summed E-state index contributed by atoms with van der Waals surface area (Å²) in [5.74, 6) is 3.04. The van der Waals surface area contributed by atoms with Crippen molar-refractivity contribution in [3.63, 3.8) is 0 Å². The molecule has 5 aliphatic rings. The van der Waals surface area contributed by atoms with E-state index in [4.69, 9.17) is 0 Å². The second-order valence-electron chi connectivity index (χ2n) is 11.5. The summed E-state index contributed by atoms with van der Waals surface area (Å²) < 4.78 is 0. The van der Waals surface area contributed by atoms with Crippen LogP contribution >= 0.6 is 0 Å². The average molecular weight is 412 g/mol. The number of aliphatic hydroxyl groups is 2. The van der Waals surface area contributed by atoms with Gasteiger partial charge in [0.25, 0.3) is 0 Å². The van der Waals surface area contributed by atoms with E-state index in [2.05, 4.69) is 45.2 Å². The molecule has 0 radical (unpaired) electrons. The Hall–Kier alpha value is -0.900. The predicted molar refractivity (Wildman–Crippen MR) is 122 cm³/mol. The fraction of sp³-hybridized carbons (Fsp3) is 0.778. The summed E-state index contributed by atoms with van der Waals surface area (Å²) in [5, 5.41) is 24.6. The number of rotatable bonds is 2. The van der Waals surface area contributed by atoms with Gasteiger partial charge in [0.15, 0.2) is 0 Å². The van der Waals surface area contributed by atoms with Gasteiger partial charge >= 0.3 is 0 Å². The summed E-state index contributed by atoms with van der Waals surface area (Å²) >= 11 is 0. The van der Waals surface area contributed by atoms with Gasteiger partial charge in [-0.1, -0.05) is 44.1 Å². The minimum Gasteiger partial charge on any atom is -0.393 e. The maximum atomic E-state index is 10.7. The molecule has 3 heteroatoms. The van der Waals surface area contributed by atoms with Crippen LogP contribution in [0.5, 0.6) is 0 Å². The Morgan fingerprint density at radius 3 is 2.80 bits per heavy atom. The molecule has 5 rings (SSSR count). The molecule has 3 N–H and O–H groups in total. The van der Waals surface area contributed by atoms with Gasteiger partial charge in [-0.15, -0.1) is 0 Å². The fourth-order valence-electron chi connectivity index (χ4n) is 7.95. The molecule has 0 spiro atoms. The average Bonchev–Trinajstić information content (AvgIpc) is 3.09. The molecule has 1 saturated heterocycles. The van der Waals surface area contributed by atoms with Gasteiger partial charge in [0, 0.05) is 6.04 Å². The van der Waals surface area contributed by atoms with Gasteiger partial charge in [-0.2, -0.15) is 0 Å². The Labute approximate surface area is 182 Å². The summed E-state index contributed by atoms with van der Waals surface area (Å²) in [6.07, 6.45) is 12.3. The zero-order valence-corrected chi connectivity index (χ0v) is 19.3. The lowest BCUT2D eigenvalue weighted by atomic mass is 9.56. The van der Waals surface area contributed by atoms with Crippen LogP contribution in [-0.2, 0) is 0 Å². The third-order valence-electron chi connectivity index (χ3n) is 9.78. The highest BCUT2D eigenvalue weighted by Gasteiger charge is 2.52. The molecule has 0 aromatic carbocycles. The number of aliphatic hydroxyl groups excluding tert-OH is 2. The van der Waals surface area contributed by atoms with Gasteiger partial charge in [-0.05, 0) is 105 Å². The maximum absolute atomic E-state index is 10.7. The monoisotopic (exact) mass is 411 g/mol. The van der Waals surface area contributed by atoms with Gasteiger partial charge in [0.2, 0.25) is 0 Å². The van der Waals surface area contributed by atoms with Crippen molar-refractivity contribution < 1.29 is 10.2 Å². The lowest BCUT2D eigenvalue weighted by Crippen LogP contribution is -2.52. The van der Waals surface area contributed by atoms with E-state index in [1.54, 1.807) is 11.1 Å². The van der Waals surface area contributed by atoms with Crippen molar-refractivity contribution in [2.75, 3.05) is 6.54 Å². The first-order chi connectivity index (χ1) is 14.3. The molecule has 1 saturated carbocycles. The Balaban J connectivity index is 1.43. The second kappa shape index (κ2) is 7.60. The number of nitrogens with one attached hydrogen (secondary N) is 1. The molecule has 2 fully saturated rings. The molecule has 0 aromatic heterocycles. The van der Waals surface area contributed by atoms with Gasteiger partial charge < -0.3 is 15.5 Å². The van der Waals surface area contributed by atoms with Gasteiger partial charge in [0.05, 0.1) is 12.2 Å². The predicted octanol–water partition coefficient (Wildman–Crippen LogP) is 4.76. The highest BCUT2D eigenvalue weighted by molar-refractivity contribution is 5.46. The van der Waals surface area contributed by atoms with Crippen LogP contribution in [0.4, 0.5) is 0 Å². The van der Waals surface area contributed by atoms with Crippen LogP contribution in [0.25, 0.3) is 0 Å². The molecule has 166 valence electrons. The third kappa shape index (κ3) is 3.19. The summed E-state index contributed by atoms with van der Waals surface area (Å²) in [6.45, 7) is 10.4. The van der Waals surface area contributed by atoms with E-state index in [-0.39, 0.29) is 23.7 Å². The highest BCUT2D eigenvalue weighted by Crippen LogP contribution is 2.61. The van der Waals surface area contributed by atoms with E-state index in [1.807, 2.05) is 0 Å². The number of allylic oxidation sites excluding steroid dienone is 4. The molecule has 0 unspecified atom stereocenters. The minimum absolute atomic E-state index is 0.136. The van der Waals surface area contributed by atoms with Crippen LogP contribution in [0, 0.1) is 35.0 Å². The van der Waals surface area contributed by atoms with E-state index in [0.717, 1.165) is 38.1 Å². The molecular formula is C27H41NO2. The summed E-state index contributed by atoms with van der Waals surface area (Å²) in [7, 11) is 0. The Kier molecular flexibility index (Phi) is 5.31. The van der Waals surface area contributed by atoms with Crippen LogP contribution in [0.3, 0.4) is 0 Å². The lowest BCUT2D eigenvalue weighted by Gasteiger charge is -2.49. The van der Waals surface area contributed by atoms with Crippen LogP contribution < -0.4 is 5.32 Å². The van der Waals surface area contributed by atoms with Crippen molar-refractivity contribution in [1.82, 2.24) is 5.32 Å². The van der Waals surface area contributed by atoms with E-state index in [1.165, 1.54) is 30.4 Å². The first kappa shape index (κ1) is 21.0. The smallest absolute Gasteiger partial charge is 0.0702 e. The number of fused-ring (bicyclic) bond motifs is 5. The quantitative estimate of drug-likeness (QED) is 0.574. The van der Waals surface area contributed by atoms with Crippen molar-refractivity contribution >= 4 is 0 Å². The number of hydrogen-bond donors (Lipinski definition) is 3. The Bertz CT molecular complexity index is 795. The SMILES string of the molecule is CC1=C([C@H](C)[C@@H]2NC[C@@H](C)C[C@H]2O)CC[C@@H]2C1=C[C@@H]1[C@H]2CC=C2C[C@@H](O)CC[C@@]21C. The molecular weight excluding hydrogens is 370 g/mol. The molecule has 4 aliphatic carbocycles. The molecule has 3 nitrogen and oxygen atoms in total. The maximum Gasteiger partial charge on any atom is 0.0702 e. The van der Waals surface area contributed by atoms with Crippen LogP contribution in [0.15, 0.2) is 34.4 Å². The lowest BCUT2D eigenvalue weighted by molar-refractivity contribution is 0.0571. The molecule has 0 bridgehead atoms. The molecule has 1 aliphatic heterocycles. The van der Waals surface area contributed by atoms with E-state index < -0.39 is 0 Å². The molecule has 9 atom stereocenters. The van der Waals surface area contributed by atoms with Crippen LogP contribution in [-0.4, -0.2) is 35.0 Å². The molecule has 0 aromatic rings. The first-order valence-corrected chi connectivity index (χ1v) is 12.5. The Morgan fingerprint density at radius 1 is 1.23 bits per heavy atom. The van der Waals surface area contributed by atoms with Crippen molar-refractivity contribution in [3.05, 3.63) is 34.4 Å². The minimum atomic E-state index is -0.235. The van der Waals surface area contributed by atoms with E-state index >= 15 is 0 Å². The van der Waals surface area contributed by atoms with Crippen molar-refractivity contribution in [1.29, 1.82) is 0 Å². The summed E-state index contributed by atoms with van der Waals surface area (Å²) in [4.78, 5) is 0. The van der Waals surface area contributed by atoms with Crippen molar-refractivity contribution in [3.8, 4) is 0 Å². The van der Waals surface area contributed by atoms with Gasteiger partial charge in [0.1, 0.15) is 0 Å². The zero-order valence-electron chi connectivity index (χ0n) is 19.3.